The first-order chi connectivity index (χ1) is 9.49. The van der Waals surface area contributed by atoms with Crippen molar-refractivity contribution < 1.29 is 20.1 Å². The average Bonchev–Trinajstić information content (AvgIpc) is 2.70. The predicted octanol–water partition coefficient (Wildman–Crippen LogP) is -2.87. The van der Waals surface area contributed by atoms with Crippen molar-refractivity contribution in [2.75, 3.05) is 6.61 Å². The van der Waals surface area contributed by atoms with E-state index >= 15 is 0 Å². The molecule has 1 fully saturated rings. The molecule has 1 unspecified atom stereocenters. The molecule has 0 spiro atoms. The second-order valence-electron chi connectivity index (χ2n) is 4.58. The number of nitrogens with zero attached hydrogens (tertiary/aromatic N) is 1. The molecule has 20 heavy (non-hydrogen) atoms. The summed E-state index contributed by atoms with van der Waals surface area (Å²) in [6, 6.07) is 0. The van der Waals surface area contributed by atoms with Crippen molar-refractivity contribution in [1.82, 2.24) is 9.55 Å². The molecule has 2 rings (SSSR count). The van der Waals surface area contributed by atoms with Crippen molar-refractivity contribution >= 4 is 15.8 Å². The van der Waals surface area contributed by atoms with E-state index in [4.69, 9.17) is 9.84 Å². The van der Waals surface area contributed by atoms with E-state index < -0.39 is 42.4 Å². The molecule has 4 N–H and O–H groups in total. The summed E-state index contributed by atoms with van der Waals surface area (Å²) in [5.41, 5.74) is 1.31. The summed E-state index contributed by atoms with van der Waals surface area (Å²) in [6.45, 7) is -0.471. The Balaban J connectivity index is 2.40. The number of nitrogens with one attached hydrogen (secondary N) is 1. The van der Waals surface area contributed by atoms with Crippen molar-refractivity contribution in [2.45, 2.75) is 35.5 Å². The topological polar surface area (TPSA) is 125 Å². The molecule has 5 atom stereocenters. The van der Waals surface area contributed by atoms with Crippen molar-refractivity contribution in [3.63, 3.8) is 0 Å². The number of aromatic amines is 1. The molecule has 1 aromatic heterocycles. The molecule has 1 aliphatic rings. The number of hydrogen-bond acceptors (Lipinski definition) is 6. The van der Waals surface area contributed by atoms with E-state index in [2.05, 4.69) is 4.98 Å². The van der Waals surface area contributed by atoms with Crippen LogP contribution in [0.25, 0.3) is 0 Å². The van der Waals surface area contributed by atoms with Crippen LogP contribution in [0, 0.1) is 0 Å². The van der Waals surface area contributed by atoms with Gasteiger partial charge in [0.1, 0.15) is 0 Å². The standard InChI is InChI=1S/C11H17AsN2O6/c1-12-2-5-3-14(11(19)13-9(5)18)10-8(17)7(16)6(4-15)20-10/h3,6-8,10,12,15-17H,2,4H2,1H3,(H,13,18,19)/t6-,7-,8-,10-/m1/s1. The van der Waals surface area contributed by atoms with E-state index in [1.54, 1.807) is 0 Å². The summed E-state index contributed by atoms with van der Waals surface area (Å²) >= 11 is -0.308. The summed E-state index contributed by atoms with van der Waals surface area (Å²) in [6.07, 6.45) is -3.36. The van der Waals surface area contributed by atoms with Gasteiger partial charge >= 0.3 is 120 Å². The quantitative estimate of drug-likeness (QED) is 0.434. The van der Waals surface area contributed by atoms with Gasteiger partial charge < -0.3 is 0 Å². The van der Waals surface area contributed by atoms with Crippen LogP contribution < -0.4 is 11.2 Å². The summed E-state index contributed by atoms with van der Waals surface area (Å²) in [4.78, 5) is 25.6. The van der Waals surface area contributed by atoms with Gasteiger partial charge in [-0.15, -0.1) is 0 Å². The zero-order chi connectivity index (χ0) is 14.9. The number of hydrogen-bond donors (Lipinski definition) is 4. The van der Waals surface area contributed by atoms with Crippen LogP contribution in [0.5, 0.6) is 0 Å². The van der Waals surface area contributed by atoms with Crippen LogP contribution in [0.15, 0.2) is 15.8 Å². The Morgan fingerprint density at radius 1 is 1.40 bits per heavy atom. The molecule has 1 aromatic rings. The van der Waals surface area contributed by atoms with E-state index in [1.807, 2.05) is 5.71 Å². The van der Waals surface area contributed by atoms with E-state index in [1.165, 1.54) is 6.20 Å². The van der Waals surface area contributed by atoms with Gasteiger partial charge in [-0.1, -0.05) is 0 Å². The molecule has 8 nitrogen and oxygen atoms in total. The Kier molecular flexibility index (Phi) is 4.82. The molecule has 9 heteroatoms. The normalized spacial score (nSPS) is 30.4. The van der Waals surface area contributed by atoms with E-state index in [0.29, 0.717) is 10.8 Å². The van der Waals surface area contributed by atoms with Crippen molar-refractivity contribution in [1.29, 1.82) is 0 Å². The third kappa shape index (κ3) is 2.75. The molecule has 0 radical (unpaired) electrons. The molecular formula is C11H17AsN2O6. The van der Waals surface area contributed by atoms with Gasteiger partial charge in [0, 0.05) is 0 Å². The summed E-state index contributed by atoms with van der Waals surface area (Å²) in [5, 5.41) is 29.2. The molecule has 1 aliphatic heterocycles. The Morgan fingerprint density at radius 2 is 2.10 bits per heavy atom. The third-order valence-corrected chi connectivity index (χ3v) is 4.74. The minimum atomic E-state index is -1.35. The molecular weight excluding hydrogens is 331 g/mol. The summed E-state index contributed by atoms with van der Waals surface area (Å²) in [5.74, 6) is 0. The van der Waals surface area contributed by atoms with Crippen LogP contribution in [0.2, 0.25) is 5.71 Å². The number of H-pyrrole nitrogens is 1. The number of rotatable bonds is 4. The molecule has 0 saturated carbocycles. The predicted molar refractivity (Wildman–Crippen MR) is 71.0 cm³/mol. The fourth-order valence-electron chi connectivity index (χ4n) is 2.14. The third-order valence-electron chi connectivity index (χ3n) is 3.20. The van der Waals surface area contributed by atoms with Gasteiger partial charge in [0.05, 0.1) is 0 Å². The number of aliphatic hydroxyl groups excluding tert-OH is 3. The van der Waals surface area contributed by atoms with Crippen LogP contribution in [-0.4, -0.2) is 65.5 Å². The van der Waals surface area contributed by atoms with E-state index in [0.717, 1.165) is 4.57 Å². The summed E-state index contributed by atoms with van der Waals surface area (Å²) < 4.78 is 6.33. The van der Waals surface area contributed by atoms with Crippen molar-refractivity contribution in [3.8, 4) is 0 Å². The minimum absolute atomic E-state index is 0.308. The van der Waals surface area contributed by atoms with Gasteiger partial charge in [-0.3, -0.25) is 0 Å². The SMILES string of the molecule is C[AsH]Cc1cn([C@@H]2O[C@H](CO)[C@@H](O)[C@H]2O)c(=O)[nH]c1=O. The molecule has 112 valence electrons. The second kappa shape index (κ2) is 6.24. The zero-order valence-electron chi connectivity index (χ0n) is 10.8. The zero-order valence-corrected chi connectivity index (χ0v) is 12.9. The number of aliphatic hydroxyl groups is 3. The first-order valence-corrected chi connectivity index (χ1v) is 9.69. The second-order valence-corrected chi connectivity index (χ2v) is 6.81. The number of aromatic nitrogens is 2. The van der Waals surface area contributed by atoms with Gasteiger partial charge in [-0.05, 0) is 0 Å². The van der Waals surface area contributed by atoms with Crippen LogP contribution in [-0.2, 0) is 9.95 Å². The monoisotopic (exact) mass is 348 g/mol. The van der Waals surface area contributed by atoms with Gasteiger partial charge in [0.25, 0.3) is 0 Å². The van der Waals surface area contributed by atoms with E-state index in [9.17, 15) is 19.8 Å². The van der Waals surface area contributed by atoms with E-state index in [-0.39, 0.29) is 15.8 Å². The Bertz CT molecular complexity index is 585. The molecule has 2 heterocycles. The van der Waals surface area contributed by atoms with Gasteiger partial charge in [-0.25, -0.2) is 0 Å². The van der Waals surface area contributed by atoms with Crippen LogP contribution >= 0.6 is 0 Å². The van der Waals surface area contributed by atoms with Crippen LogP contribution in [0.1, 0.15) is 11.8 Å². The maximum absolute atomic E-state index is 11.8. The molecule has 0 aliphatic carbocycles. The molecule has 0 aromatic carbocycles. The fraction of sp³-hybridized carbons (Fsp3) is 0.636. The number of ether oxygens (including phenoxy) is 1. The van der Waals surface area contributed by atoms with Crippen molar-refractivity contribution in [3.05, 3.63) is 32.6 Å². The van der Waals surface area contributed by atoms with Gasteiger partial charge in [0.15, 0.2) is 0 Å². The van der Waals surface area contributed by atoms with Crippen LogP contribution in [0.3, 0.4) is 0 Å². The van der Waals surface area contributed by atoms with Gasteiger partial charge in [-0.2, -0.15) is 0 Å². The maximum atomic E-state index is 11.8. The Morgan fingerprint density at radius 3 is 2.65 bits per heavy atom. The summed E-state index contributed by atoms with van der Waals surface area (Å²) in [7, 11) is 0. The van der Waals surface area contributed by atoms with Gasteiger partial charge in [0.2, 0.25) is 0 Å². The Labute approximate surface area is 120 Å². The van der Waals surface area contributed by atoms with Crippen LogP contribution in [0.4, 0.5) is 0 Å². The first kappa shape index (κ1) is 15.5. The molecule has 1 saturated heterocycles. The first-order valence-electron chi connectivity index (χ1n) is 6.11. The molecule has 0 amide bonds. The fourth-order valence-corrected chi connectivity index (χ4v) is 3.47. The molecule has 0 bridgehead atoms. The van der Waals surface area contributed by atoms with Crippen molar-refractivity contribution in [2.24, 2.45) is 0 Å². The Hall–Kier alpha value is -0.922. The average molecular weight is 348 g/mol.